The molecular weight excluding hydrogens is 250 g/mol. The molecule has 1 aromatic rings. The van der Waals surface area contributed by atoms with Gasteiger partial charge < -0.3 is 14.8 Å². The smallest absolute Gasteiger partial charge is 0.124 e. The van der Waals surface area contributed by atoms with E-state index in [4.69, 9.17) is 9.47 Å². The van der Waals surface area contributed by atoms with Crippen LogP contribution in [-0.2, 0) is 4.74 Å². The highest BCUT2D eigenvalue weighted by atomic mass is 16.5. The van der Waals surface area contributed by atoms with Crippen molar-refractivity contribution in [3.63, 3.8) is 0 Å². The Kier molecular flexibility index (Phi) is 7.63. The van der Waals surface area contributed by atoms with Crippen LogP contribution in [0.1, 0.15) is 45.7 Å². The van der Waals surface area contributed by atoms with Gasteiger partial charge in [-0.1, -0.05) is 45.9 Å². The van der Waals surface area contributed by atoms with Gasteiger partial charge in [0.05, 0.1) is 18.8 Å². The minimum Gasteiger partial charge on any atom is -0.493 e. The van der Waals surface area contributed by atoms with Crippen molar-refractivity contribution in [2.24, 2.45) is 5.92 Å². The molecule has 20 heavy (non-hydrogen) atoms. The average Bonchev–Trinajstić information content (AvgIpc) is 2.45. The van der Waals surface area contributed by atoms with Crippen LogP contribution in [0.4, 0.5) is 0 Å². The number of benzene rings is 1. The van der Waals surface area contributed by atoms with Crippen molar-refractivity contribution in [1.29, 1.82) is 0 Å². The highest BCUT2D eigenvalue weighted by Crippen LogP contribution is 2.31. The van der Waals surface area contributed by atoms with Gasteiger partial charge in [-0.05, 0) is 24.9 Å². The zero-order chi connectivity index (χ0) is 15.0. The number of rotatable bonds is 9. The number of methoxy groups -OCH3 is 1. The van der Waals surface area contributed by atoms with Crippen molar-refractivity contribution in [3.05, 3.63) is 29.8 Å². The van der Waals surface area contributed by atoms with Crippen LogP contribution in [0.5, 0.6) is 5.75 Å². The summed E-state index contributed by atoms with van der Waals surface area (Å²) in [7, 11) is 1.78. The third-order valence-corrected chi connectivity index (χ3v) is 3.40. The van der Waals surface area contributed by atoms with Gasteiger partial charge >= 0.3 is 0 Å². The van der Waals surface area contributed by atoms with Gasteiger partial charge in [0.15, 0.2) is 0 Å². The average molecular weight is 279 g/mol. The maximum Gasteiger partial charge on any atom is 0.124 e. The predicted octanol–water partition coefficient (Wildman–Crippen LogP) is 3.80. The zero-order valence-electron chi connectivity index (χ0n) is 13.5. The first-order valence-electron chi connectivity index (χ1n) is 7.63. The fourth-order valence-corrected chi connectivity index (χ4v) is 2.50. The summed E-state index contributed by atoms with van der Waals surface area (Å²) in [6, 6.07) is 8.41. The molecule has 114 valence electrons. The number of para-hydroxylation sites is 1. The maximum atomic E-state index is 5.89. The first-order chi connectivity index (χ1) is 9.65. The molecule has 0 spiro atoms. The van der Waals surface area contributed by atoms with Crippen LogP contribution in [0.25, 0.3) is 0 Å². The molecule has 0 heterocycles. The Hall–Kier alpha value is -1.06. The Morgan fingerprint density at radius 2 is 1.85 bits per heavy atom. The Morgan fingerprint density at radius 3 is 2.40 bits per heavy atom. The summed E-state index contributed by atoms with van der Waals surface area (Å²) in [6.45, 7) is 10.3. The minimum atomic E-state index is 0.126. The molecule has 0 fully saturated rings. The van der Waals surface area contributed by atoms with Crippen molar-refractivity contribution in [3.8, 4) is 5.75 Å². The molecule has 1 aromatic carbocycles. The van der Waals surface area contributed by atoms with E-state index in [1.54, 1.807) is 7.11 Å². The predicted molar refractivity (Wildman–Crippen MR) is 84.3 cm³/mol. The highest BCUT2D eigenvalue weighted by molar-refractivity contribution is 5.36. The van der Waals surface area contributed by atoms with Gasteiger partial charge in [-0.15, -0.1) is 0 Å². The topological polar surface area (TPSA) is 30.5 Å². The van der Waals surface area contributed by atoms with Crippen molar-refractivity contribution >= 4 is 0 Å². The van der Waals surface area contributed by atoms with Crippen LogP contribution in [-0.4, -0.2) is 26.4 Å². The van der Waals surface area contributed by atoms with Gasteiger partial charge in [0, 0.05) is 12.7 Å². The van der Waals surface area contributed by atoms with E-state index in [9.17, 15) is 0 Å². The molecule has 0 radical (unpaired) electrons. The molecule has 0 amide bonds. The molecule has 3 nitrogen and oxygen atoms in total. The summed E-state index contributed by atoms with van der Waals surface area (Å²) in [5.74, 6) is 1.39. The zero-order valence-corrected chi connectivity index (χ0v) is 13.5. The van der Waals surface area contributed by atoms with E-state index in [2.05, 4.69) is 45.1 Å². The molecule has 0 saturated heterocycles. The lowest BCUT2D eigenvalue weighted by molar-refractivity contribution is 0.0322. The number of nitrogens with one attached hydrogen (secondary N) is 1. The van der Waals surface area contributed by atoms with E-state index in [0.717, 1.165) is 25.3 Å². The number of hydrogen-bond donors (Lipinski definition) is 1. The molecule has 0 aromatic heterocycles. The fourth-order valence-electron chi connectivity index (χ4n) is 2.50. The second-order valence-corrected chi connectivity index (χ2v) is 5.37. The third kappa shape index (κ3) is 4.50. The van der Waals surface area contributed by atoms with Gasteiger partial charge in [-0.25, -0.2) is 0 Å². The molecule has 1 rings (SSSR count). The molecule has 2 unspecified atom stereocenters. The van der Waals surface area contributed by atoms with Crippen molar-refractivity contribution in [2.75, 3.05) is 20.3 Å². The monoisotopic (exact) mass is 279 g/mol. The standard InChI is InChI=1S/C17H29NO2/c1-6-12-20-15-11-9-8-10-14(15)16(18-7-2)17(19-5)13(3)4/h8-11,13,16-18H,6-7,12H2,1-5H3. The van der Waals surface area contributed by atoms with Gasteiger partial charge in [-0.2, -0.15) is 0 Å². The number of ether oxygens (including phenoxy) is 2. The normalized spacial score (nSPS) is 14.3. The van der Waals surface area contributed by atoms with E-state index >= 15 is 0 Å². The summed E-state index contributed by atoms with van der Waals surface area (Å²) < 4.78 is 11.6. The molecule has 0 aliphatic rings. The summed E-state index contributed by atoms with van der Waals surface area (Å²) in [5, 5.41) is 3.54. The Bertz CT molecular complexity index is 379. The fraction of sp³-hybridized carbons (Fsp3) is 0.647. The van der Waals surface area contributed by atoms with Crippen LogP contribution in [0.3, 0.4) is 0 Å². The largest absolute Gasteiger partial charge is 0.493 e. The van der Waals surface area contributed by atoms with Crippen LogP contribution < -0.4 is 10.1 Å². The summed E-state index contributed by atoms with van der Waals surface area (Å²) in [5.41, 5.74) is 1.18. The van der Waals surface area contributed by atoms with Crippen LogP contribution in [0, 0.1) is 5.92 Å². The summed E-state index contributed by atoms with van der Waals surface area (Å²) >= 11 is 0. The second-order valence-electron chi connectivity index (χ2n) is 5.37. The number of hydrogen-bond acceptors (Lipinski definition) is 3. The first-order valence-corrected chi connectivity index (χ1v) is 7.63. The molecular formula is C17H29NO2. The molecule has 0 saturated carbocycles. The van der Waals surface area contributed by atoms with Gasteiger partial charge in [-0.3, -0.25) is 0 Å². The summed E-state index contributed by atoms with van der Waals surface area (Å²) in [4.78, 5) is 0. The molecule has 1 N–H and O–H groups in total. The third-order valence-electron chi connectivity index (χ3n) is 3.40. The van der Waals surface area contributed by atoms with Gasteiger partial charge in [0.1, 0.15) is 5.75 Å². The first kappa shape index (κ1) is 17.0. The van der Waals surface area contributed by atoms with Gasteiger partial charge in [0.25, 0.3) is 0 Å². The van der Waals surface area contributed by atoms with Gasteiger partial charge in [0.2, 0.25) is 0 Å². The van der Waals surface area contributed by atoms with Crippen LogP contribution in [0.2, 0.25) is 0 Å². The Balaban J connectivity index is 3.06. The second kappa shape index (κ2) is 8.98. The lowest BCUT2D eigenvalue weighted by atomic mass is 9.92. The van der Waals surface area contributed by atoms with E-state index in [0.29, 0.717) is 5.92 Å². The summed E-state index contributed by atoms with van der Waals surface area (Å²) in [6.07, 6.45) is 1.14. The maximum absolute atomic E-state index is 5.89. The van der Waals surface area contributed by atoms with E-state index < -0.39 is 0 Å². The van der Waals surface area contributed by atoms with Crippen LogP contribution >= 0.6 is 0 Å². The molecule has 0 bridgehead atoms. The quantitative estimate of drug-likeness (QED) is 0.746. The minimum absolute atomic E-state index is 0.126. The highest BCUT2D eigenvalue weighted by Gasteiger charge is 2.27. The molecule has 0 aliphatic carbocycles. The molecule has 0 aliphatic heterocycles. The van der Waals surface area contributed by atoms with E-state index in [1.165, 1.54) is 5.56 Å². The SMILES string of the molecule is CCCOc1ccccc1C(NCC)C(OC)C(C)C. The Labute approximate surface area is 123 Å². The molecule has 3 heteroatoms. The molecule has 2 atom stereocenters. The number of likely N-dealkylation sites (N-methyl/N-ethyl adjacent to an activating group) is 1. The lowest BCUT2D eigenvalue weighted by Gasteiger charge is -2.31. The Morgan fingerprint density at radius 1 is 1.15 bits per heavy atom. The van der Waals surface area contributed by atoms with Crippen molar-refractivity contribution in [1.82, 2.24) is 5.32 Å². The van der Waals surface area contributed by atoms with Crippen molar-refractivity contribution in [2.45, 2.75) is 46.3 Å². The van der Waals surface area contributed by atoms with E-state index in [1.807, 2.05) is 12.1 Å². The van der Waals surface area contributed by atoms with Crippen molar-refractivity contribution < 1.29 is 9.47 Å². The van der Waals surface area contributed by atoms with Crippen LogP contribution in [0.15, 0.2) is 24.3 Å². The lowest BCUT2D eigenvalue weighted by Crippen LogP contribution is -2.36. The van der Waals surface area contributed by atoms with E-state index in [-0.39, 0.29) is 12.1 Å².